The van der Waals surface area contributed by atoms with E-state index in [1.807, 2.05) is 48.5 Å². The normalized spacial score (nSPS) is 10.6. The molecule has 2 N–H and O–H groups in total. The van der Waals surface area contributed by atoms with E-state index in [0.29, 0.717) is 13.0 Å². The number of aryl methyl sites for hydroxylation is 1. The molecule has 0 aliphatic heterocycles. The van der Waals surface area contributed by atoms with Gasteiger partial charge in [-0.1, -0.05) is 75.4 Å². The second-order valence-corrected chi connectivity index (χ2v) is 7.70. The Kier molecular flexibility index (Phi) is 9.92. The summed E-state index contributed by atoms with van der Waals surface area (Å²) in [5.74, 6) is -0.787. The second kappa shape index (κ2) is 12.7. The van der Waals surface area contributed by atoms with Crippen LogP contribution in [0, 0.1) is 0 Å². The maximum absolute atomic E-state index is 12.5. The highest BCUT2D eigenvalue weighted by Gasteiger charge is 2.11. The minimum atomic E-state index is -0.787. The van der Waals surface area contributed by atoms with Crippen LogP contribution in [0.4, 0.5) is 10.5 Å². The quantitative estimate of drug-likeness (QED) is 0.430. The van der Waals surface area contributed by atoms with Crippen molar-refractivity contribution in [2.24, 2.45) is 0 Å². The third-order valence-corrected chi connectivity index (χ3v) is 5.26. The molecule has 30 heavy (non-hydrogen) atoms. The van der Waals surface area contributed by atoms with Gasteiger partial charge in [0.15, 0.2) is 0 Å². The van der Waals surface area contributed by atoms with Crippen molar-refractivity contribution in [1.82, 2.24) is 5.32 Å². The average Bonchev–Trinajstić information content (AvgIpc) is 2.76. The van der Waals surface area contributed by atoms with Crippen LogP contribution < -0.4 is 10.2 Å². The third-order valence-electron chi connectivity index (χ3n) is 5.26. The topological polar surface area (TPSA) is 69.6 Å². The Morgan fingerprint density at radius 1 is 0.933 bits per heavy atom. The molecule has 0 atom stereocenters. The summed E-state index contributed by atoms with van der Waals surface area (Å²) >= 11 is 0. The predicted octanol–water partition coefficient (Wildman–Crippen LogP) is 5.88. The lowest BCUT2D eigenvalue weighted by atomic mass is 10.0. The van der Waals surface area contributed by atoms with Crippen LogP contribution in [-0.2, 0) is 11.2 Å². The number of carbonyl (C=O) groups is 2. The molecule has 0 saturated heterocycles. The molecule has 0 radical (unpaired) electrons. The molecule has 0 aromatic heterocycles. The first kappa shape index (κ1) is 23.5. The van der Waals surface area contributed by atoms with Crippen LogP contribution >= 0.6 is 0 Å². The molecule has 0 aliphatic rings. The molecular formula is C25H34N2O3. The van der Waals surface area contributed by atoms with Gasteiger partial charge in [0.2, 0.25) is 0 Å². The number of unbranched alkanes of at least 4 members (excludes halogenated alkanes) is 5. The molecule has 5 heteroatoms. The zero-order valence-electron chi connectivity index (χ0n) is 18.2. The minimum absolute atomic E-state index is 0.0928. The number of nitrogens with zero attached hydrogens (tertiary/aromatic N) is 1. The van der Waals surface area contributed by atoms with E-state index in [1.54, 1.807) is 11.9 Å². The lowest BCUT2D eigenvalue weighted by molar-refractivity contribution is -0.136. The largest absolute Gasteiger partial charge is 0.481 e. The molecule has 2 aromatic rings. The molecule has 0 spiro atoms. The van der Waals surface area contributed by atoms with Gasteiger partial charge in [0.05, 0.1) is 0 Å². The van der Waals surface area contributed by atoms with E-state index in [4.69, 9.17) is 5.11 Å². The van der Waals surface area contributed by atoms with Crippen LogP contribution in [0.5, 0.6) is 0 Å². The zero-order chi connectivity index (χ0) is 21.8. The van der Waals surface area contributed by atoms with Crippen molar-refractivity contribution in [3.63, 3.8) is 0 Å². The number of rotatable bonds is 12. The van der Waals surface area contributed by atoms with Crippen LogP contribution in [0.15, 0.2) is 48.5 Å². The van der Waals surface area contributed by atoms with Gasteiger partial charge in [0, 0.05) is 25.7 Å². The molecule has 162 valence electrons. The molecule has 0 heterocycles. The molecule has 0 fully saturated rings. The summed E-state index contributed by atoms with van der Waals surface area (Å²) in [7, 11) is 1.78. The number of benzene rings is 2. The van der Waals surface area contributed by atoms with Crippen LogP contribution in [-0.4, -0.2) is 30.7 Å². The highest BCUT2D eigenvalue weighted by Crippen LogP contribution is 2.25. The number of carboxylic acid groups (broad SMARTS) is 1. The number of aliphatic carboxylic acids is 1. The fourth-order valence-corrected chi connectivity index (χ4v) is 3.35. The van der Waals surface area contributed by atoms with Gasteiger partial charge < -0.3 is 10.4 Å². The van der Waals surface area contributed by atoms with E-state index in [0.717, 1.165) is 35.2 Å². The first-order valence-corrected chi connectivity index (χ1v) is 10.9. The number of urea groups is 1. The minimum Gasteiger partial charge on any atom is -0.481 e. The Bertz CT molecular complexity index is 802. The van der Waals surface area contributed by atoms with E-state index in [1.165, 1.54) is 25.7 Å². The molecule has 2 amide bonds. The van der Waals surface area contributed by atoms with Gasteiger partial charge >= 0.3 is 12.0 Å². The van der Waals surface area contributed by atoms with E-state index in [2.05, 4.69) is 12.2 Å². The van der Waals surface area contributed by atoms with Gasteiger partial charge in [0.25, 0.3) is 0 Å². The van der Waals surface area contributed by atoms with Crippen molar-refractivity contribution in [3.05, 3.63) is 54.1 Å². The summed E-state index contributed by atoms with van der Waals surface area (Å²) in [4.78, 5) is 24.8. The third kappa shape index (κ3) is 7.90. The summed E-state index contributed by atoms with van der Waals surface area (Å²) in [6, 6.07) is 15.7. The SMILES string of the molecule is CCCCCCCCNC(=O)N(C)c1cccc(-c2ccc(CCC(=O)O)cc2)c1. The van der Waals surface area contributed by atoms with Gasteiger partial charge in [-0.3, -0.25) is 9.69 Å². The number of carbonyl (C=O) groups excluding carboxylic acids is 1. The number of hydrogen-bond acceptors (Lipinski definition) is 2. The molecule has 0 saturated carbocycles. The number of anilines is 1. The molecular weight excluding hydrogens is 376 g/mol. The van der Waals surface area contributed by atoms with Gasteiger partial charge in [-0.25, -0.2) is 4.79 Å². The maximum Gasteiger partial charge on any atom is 0.321 e. The Balaban J connectivity index is 1.89. The zero-order valence-corrected chi connectivity index (χ0v) is 18.2. The summed E-state index contributed by atoms with van der Waals surface area (Å²) in [5, 5.41) is 11.8. The molecule has 2 rings (SSSR count). The summed E-state index contributed by atoms with van der Waals surface area (Å²) in [6.07, 6.45) is 7.87. The predicted molar refractivity (Wildman–Crippen MR) is 123 cm³/mol. The van der Waals surface area contributed by atoms with Gasteiger partial charge in [0.1, 0.15) is 0 Å². The number of hydrogen-bond donors (Lipinski definition) is 2. The molecule has 0 bridgehead atoms. The Morgan fingerprint density at radius 3 is 2.33 bits per heavy atom. The van der Waals surface area contributed by atoms with Crippen molar-refractivity contribution >= 4 is 17.7 Å². The fourth-order valence-electron chi connectivity index (χ4n) is 3.35. The second-order valence-electron chi connectivity index (χ2n) is 7.70. The Labute approximate surface area is 180 Å². The smallest absolute Gasteiger partial charge is 0.321 e. The van der Waals surface area contributed by atoms with E-state index < -0.39 is 5.97 Å². The first-order chi connectivity index (χ1) is 14.5. The maximum atomic E-state index is 12.5. The number of carboxylic acids is 1. The Morgan fingerprint density at radius 2 is 1.63 bits per heavy atom. The van der Waals surface area contributed by atoms with Crippen molar-refractivity contribution < 1.29 is 14.7 Å². The lowest BCUT2D eigenvalue weighted by Gasteiger charge is -2.19. The summed E-state index contributed by atoms with van der Waals surface area (Å²) in [6.45, 7) is 2.91. The van der Waals surface area contributed by atoms with Crippen molar-refractivity contribution in [1.29, 1.82) is 0 Å². The van der Waals surface area contributed by atoms with Crippen molar-refractivity contribution in [2.75, 3.05) is 18.5 Å². The van der Waals surface area contributed by atoms with Crippen LogP contribution in [0.1, 0.15) is 57.4 Å². The average molecular weight is 411 g/mol. The van der Waals surface area contributed by atoms with Gasteiger partial charge in [-0.05, 0) is 41.7 Å². The van der Waals surface area contributed by atoms with Crippen LogP contribution in [0.25, 0.3) is 11.1 Å². The van der Waals surface area contributed by atoms with Crippen molar-refractivity contribution in [2.45, 2.75) is 58.3 Å². The van der Waals surface area contributed by atoms with Crippen LogP contribution in [0.3, 0.4) is 0 Å². The van der Waals surface area contributed by atoms with E-state index in [9.17, 15) is 9.59 Å². The highest BCUT2D eigenvalue weighted by atomic mass is 16.4. The van der Waals surface area contributed by atoms with Gasteiger partial charge in [-0.2, -0.15) is 0 Å². The lowest BCUT2D eigenvalue weighted by Crippen LogP contribution is -2.37. The van der Waals surface area contributed by atoms with Gasteiger partial charge in [-0.15, -0.1) is 0 Å². The Hall–Kier alpha value is -2.82. The standard InChI is InChI=1S/C25H34N2O3/c1-3-4-5-6-7-8-18-26-25(30)27(2)23-11-9-10-22(19-23)21-15-12-20(13-16-21)14-17-24(28)29/h9-13,15-16,19H,3-8,14,17-18H2,1-2H3,(H,26,30)(H,28,29). The fraction of sp³-hybridized carbons (Fsp3) is 0.440. The first-order valence-electron chi connectivity index (χ1n) is 10.9. The van der Waals surface area contributed by atoms with E-state index in [-0.39, 0.29) is 12.5 Å². The van der Waals surface area contributed by atoms with Crippen LogP contribution in [0.2, 0.25) is 0 Å². The molecule has 2 aromatic carbocycles. The summed E-state index contributed by atoms with van der Waals surface area (Å²) in [5.41, 5.74) is 3.90. The number of nitrogens with one attached hydrogen (secondary N) is 1. The number of amides is 2. The van der Waals surface area contributed by atoms with Crippen molar-refractivity contribution in [3.8, 4) is 11.1 Å². The monoisotopic (exact) mass is 410 g/mol. The highest BCUT2D eigenvalue weighted by molar-refractivity contribution is 5.92. The summed E-state index contributed by atoms with van der Waals surface area (Å²) < 4.78 is 0. The molecule has 0 unspecified atom stereocenters. The molecule has 5 nitrogen and oxygen atoms in total. The van der Waals surface area contributed by atoms with E-state index >= 15 is 0 Å². The molecule has 0 aliphatic carbocycles.